The number of unbranched alkanes of at least 4 members (excludes halogenated alkanes) is 1. The van der Waals surface area contributed by atoms with Gasteiger partial charge in [-0.25, -0.2) is 9.97 Å². The number of imidazole rings is 2. The summed E-state index contributed by atoms with van der Waals surface area (Å²) in [6.07, 6.45) is 12.1. The van der Waals surface area contributed by atoms with Crippen LogP contribution in [0.1, 0.15) is 68.1 Å². The molecule has 31 heavy (non-hydrogen) atoms. The number of hydrogen-bond donors (Lipinski definition) is 3. The Balaban J connectivity index is 1.36. The van der Waals surface area contributed by atoms with Gasteiger partial charge in [-0.05, 0) is 57.7 Å². The van der Waals surface area contributed by atoms with Gasteiger partial charge in [0.2, 0.25) is 0 Å². The number of carbonyl (C=O) groups excluding carboxylic acids is 1. The molecule has 3 rings (SSSR count). The number of nitrogens with zero attached hydrogens (tertiary/aromatic N) is 4. The van der Waals surface area contributed by atoms with Crippen LogP contribution in [0, 0.1) is 5.92 Å². The van der Waals surface area contributed by atoms with Crippen molar-refractivity contribution in [1.29, 1.82) is 0 Å². The molecule has 0 saturated carbocycles. The molecule has 0 fully saturated rings. The molecule has 1 aliphatic heterocycles. The summed E-state index contributed by atoms with van der Waals surface area (Å²) < 4.78 is 2.16. The van der Waals surface area contributed by atoms with E-state index in [2.05, 4.69) is 48.9 Å². The molecule has 0 aliphatic carbocycles. The van der Waals surface area contributed by atoms with Crippen LogP contribution in [0.2, 0.25) is 0 Å². The average molecular weight is 430 g/mol. The highest BCUT2D eigenvalue weighted by Gasteiger charge is 2.22. The molecule has 0 aromatic carbocycles. The molecular weight excluding hydrogens is 390 g/mol. The van der Waals surface area contributed by atoms with Gasteiger partial charge in [-0.15, -0.1) is 0 Å². The molecule has 172 valence electrons. The number of aromatic amines is 1. The van der Waals surface area contributed by atoms with Crippen molar-refractivity contribution < 1.29 is 4.79 Å². The highest BCUT2D eigenvalue weighted by atomic mass is 16.1. The van der Waals surface area contributed by atoms with Crippen LogP contribution in [0.15, 0.2) is 18.6 Å². The van der Waals surface area contributed by atoms with Crippen LogP contribution in [0.4, 0.5) is 0 Å². The molecular formula is C23H39N7O. The highest BCUT2D eigenvalue weighted by molar-refractivity contribution is 5.92. The molecule has 2 aromatic heterocycles. The second-order valence-electron chi connectivity index (χ2n) is 8.57. The van der Waals surface area contributed by atoms with Crippen LogP contribution in [0.5, 0.6) is 0 Å². The third-order valence-corrected chi connectivity index (χ3v) is 5.87. The molecule has 2 aromatic rings. The number of carbonyl (C=O) groups is 1. The fourth-order valence-corrected chi connectivity index (χ4v) is 4.30. The van der Waals surface area contributed by atoms with Crippen LogP contribution in [-0.2, 0) is 19.5 Å². The number of nitrogens with one attached hydrogen (secondary N) is 3. The number of aryl methyl sites for hydroxylation is 1. The molecule has 8 nitrogen and oxygen atoms in total. The Kier molecular flexibility index (Phi) is 9.55. The fourth-order valence-electron chi connectivity index (χ4n) is 4.30. The Morgan fingerprint density at radius 3 is 2.84 bits per heavy atom. The van der Waals surface area contributed by atoms with Crippen LogP contribution in [0.25, 0.3) is 0 Å². The van der Waals surface area contributed by atoms with Crippen molar-refractivity contribution in [3.63, 3.8) is 0 Å². The summed E-state index contributed by atoms with van der Waals surface area (Å²) in [5.74, 6) is 2.49. The summed E-state index contributed by atoms with van der Waals surface area (Å²) in [4.78, 5) is 27.0. The molecule has 3 N–H and O–H groups in total. The summed E-state index contributed by atoms with van der Waals surface area (Å²) in [6.45, 7) is 11.2. The number of amides is 1. The third kappa shape index (κ3) is 7.47. The van der Waals surface area contributed by atoms with Crippen molar-refractivity contribution in [3.05, 3.63) is 35.9 Å². The largest absolute Gasteiger partial charge is 0.351 e. The van der Waals surface area contributed by atoms with Crippen LogP contribution >= 0.6 is 0 Å². The Morgan fingerprint density at radius 2 is 2.10 bits per heavy atom. The van der Waals surface area contributed by atoms with E-state index < -0.39 is 0 Å². The van der Waals surface area contributed by atoms with Gasteiger partial charge in [0.25, 0.3) is 5.91 Å². The Bertz CT molecular complexity index is 765. The predicted molar refractivity (Wildman–Crippen MR) is 123 cm³/mol. The van der Waals surface area contributed by atoms with Gasteiger partial charge in [-0.1, -0.05) is 13.8 Å². The zero-order valence-electron chi connectivity index (χ0n) is 19.2. The van der Waals surface area contributed by atoms with Gasteiger partial charge >= 0.3 is 0 Å². The maximum Gasteiger partial charge on any atom is 0.271 e. The Morgan fingerprint density at radius 1 is 1.26 bits per heavy atom. The quantitative estimate of drug-likeness (QED) is 0.402. The Hall–Kier alpha value is -2.19. The fraction of sp³-hybridized carbons (Fsp3) is 0.696. The second-order valence-corrected chi connectivity index (χ2v) is 8.57. The zero-order chi connectivity index (χ0) is 21.9. The topological polar surface area (TPSA) is 90.9 Å². The lowest BCUT2D eigenvalue weighted by Crippen LogP contribution is -2.30. The minimum Gasteiger partial charge on any atom is -0.351 e. The molecule has 1 amide bonds. The van der Waals surface area contributed by atoms with E-state index in [0.29, 0.717) is 18.2 Å². The maximum absolute atomic E-state index is 12.5. The van der Waals surface area contributed by atoms with Crippen LogP contribution in [0.3, 0.4) is 0 Å². The SMILES string of the molecule is CCCN(CCC)CCCCNC(=O)c1cn2c(n1)CCC(CNCc1ncc[nH]1)C2. The van der Waals surface area contributed by atoms with Gasteiger partial charge in [0, 0.05) is 44.6 Å². The van der Waals surface area contributed by atoms with Crippen LogP contribution < -0.4 is 10.6 Å². The Labute approximate surface area is 186 Å². The van der Waals surface area contributed by atoms with Gasteiger partial charge in [0.1, 0.15) is 17.3 Å². The number of fused-ring (bicyclic) bond motifs is 1. The summed E-state index contributed by atoms with van der Waals surface area (Å²) in [6, 6.07) is 0. The number of hydrogen-bond acceptors (Lipinski definition) is 5. The monoisotopic (exact) mass is 429 g/mol. The second kappa shape index (κ2) is 12.6. The lowest BCUT2D eigenvalue weighted by Gasteiger charge is -2.23. The van der Waals surface area contributed by atoms with Gasteiger partial charge in [-0.3, -0.25) is 4.79 Å². The standard InChI is InChI=1S/C23H39N7O/c1-3-12-29(13-4-2)14-6-5-9-27-23(31)20-18-30-17-19(7-8-22(30)28-20)15-24-16-21-25-10-11-26-21/h10-11,18-19,24H,3-9,12-17H2,1-2H3,(H,25,26)(H,27,31). The minimum absolute atomic E-state index is 0.0478. The molecule has 1 aliphatic rings. The summed E-state index contributed by atoms with van der Waals surface area (Å²) in [7, 11) is 0. The van der Waals surface area contributed by atoms with Gasteiger partial charge < -0.3 is 25.1 Å². The van der Waals surface area contributed by atoms with Crippen molar-refractivity contribution in [2.24, 2.45) is 5.92 Å². The summed E-state index contributed by atoms with van der Waals surface area (Å²) in [5, 5.41) is 6.52. The van der Waals surface area contributed by atoms with Gasteiger partial charge in [0.15, 0.2) is 0 Å². The van der Waals surface area contributed by atoms with E-state index >= 15 is 0 Å². The lowest BCUT2D eigenvalue weighted by atomic mass is 9.99. The maximum atomic E-state index is 12.5. The molecule has 0 bridgehead atoms. The molecule has 8 heteroatoms. The number of H-pyrrole nitrogens is 1. The van der Waals surface area contributed by atoms with Crippen molar-refractivity contribution in [2.75, 3.05) is 32.7 Å². The highest BCUT2D eigenvalue weighted by Crippen LogP contribution is 2.19. The summed E-state index contributed by atoms with van der Waals surface area (Å²) in [5.41, 5.74) is 0.554. The normalized spacial score (nSPS) is 15.9. The van der Waals surface area contributed by atoms with Crippen LogP contribution in [-0.4, -0.2) is 63.0 Å². The zero-order valence-corrected chi connectivity index (χ0v) is 19.2. The predicted octanol–water partition coefficient (Wildman–Crippen LogP) is 2.59. The molecule has 0 saturated heterocycles. The van der Waals surface area contributed by atoms with E-state index in [9.17, 15) is 4.79 Å². The summed E-state index contributed by atoms with van der Waals surface area (Å²) >= 11 is 0. The molecule has 1 unspecified atom stereocenters. The third-order valence-electron chi connectivity index (χ3n) is 5.87. The van der Waals surface area contributed by atoms with Crippen molar-refractivity contribution in [3.8, 4) is 0 Å². The molecule has 0 spiro atoms. The van der Waals surface area contributed by atoms with Crippen molar-refractivity contribution in [1.82, 2.24) is 35.1 Å². The average Bonchev–Trinajstić information content (AvgIpc) is 3.43. The van der Waals surface area contributed by atoms with Gasteiger partial charge in [0.05, 0.1) is 6.54 Å². The first kappa shape index (κ1) is 23.5. The van der Waals surface area contributed by atoms with Crippen molar-refractivity contribution >= 4 is 5.91 Å². The van der Waals surface area contributed by atoms with E-state index in [0.717, 1.165) is 63.5 Å². The molecule has 0 radical (unpaired) electrons. The molecule has 3 heterocycles. The van der Waals surface area contributed by atoms with E-state index in [4.69, 9.17) is 0 Å². The van der Waals surface area contributed by atoms with Crippen molar-refractivity contribution in [2.45, 2.75) is 65.5 Å². The number of aromatic nitrogens is 4. The van der Waals surface area contributed by atoms with E-state index in [-0.39, 0.29) is 5.91 Å². The van der Waals surface area contributed by atoms with E-state index in [1.807, 2.05) is 12.4 Å². The van der Waals surface area contributed by atoms with Gasteiger partial charge in [-0.2, -0.15) is 0 Å². The lowest BCUT2D eigenvalue weighted by molar-refractivity contribution is 0.0948. The minimum atomic E-state index is -0.0478. The first-order valence-electron chi connectivity index (χ1n) is 11.9. The smallest absolute Gasteiger partial charge is 0.271 e. The first-order valence-corrected chi connectivity index (χ1v) is 11.9. The van der Waals surface area contributed by atoms with E-state index in [1.165, 1.54) is 25.9 Å². The van der Waals surface area contributed by atoms with E-state index in [1.54, 1.807) is 6.20 Å². The first-order chi connectivity index (χ1) is 15.2. The molecule has 1 atom stereocenters. The number of rotatable bonds is 14.